The lowest BCUT2D eigenvalue weighted by Gasteiger charge is -2.18. The van der Waals surface area contributed by atoms with Crippen LogP contribution < -0.4 is 5.32 Å². The van der Waals surface area contributed by atoms with Gasteiger partial charge in [-0.25, -0.2) is 9.37 Å². The molecule has 1 saturated carbocycles. The van der Waals surface area contributed by atoms with Gasteiger partial charge in [-0.1, -0.05) is 0 Å². The number of rotatable bonds is 9. The Labute approximate surface area is 185 Å². The van der Waals surface area contributed by atoms with Crippen molar-refractivity contribution >= 4 is 43.8 Å². The molecule has 1 aliphatic heterocycles. The van der Waals surface area contributed by atoms with Crippen LogP contribution in [0.15, 0.2) is 6.33 Å². The molecule has 17 heteroatoms. The maximum Gasteiger partial charge on any atom is 0.340 e. The number of anilines is 1. The minimum absolute atomic E-state index is 0.106. The summed E-state index contributed by atoms with van der Waals surface area (Å²) in [5.41, 5.74) is 0.473. The SMILES string of the molecule is O=P(O)(O)CP(=O)(O)OC[C@H]1O[C@@H](n2cnc3c(NCC4CC4)nc(Cl)nc32)[C@@H](F)[C@@H]1O. The second-order valence-electron chi connectivity index (χ2n) is 7.73. The van der Waals surface area contributed by atoms with Crippen molar-refractivity contribution < 1.29 is 42.6 Å². The Kier molecular flexibility index (Phi) is 6.63. The van der Waals surface area contributed by atoms with E-state index in [1.165, 1.54) is 10.9 Å². The van der Waals surface area contributed by atoms with Gasteiger partial charge in [-0.05, 0) is 30.4 Å². The average Bonchev–Trinajstić information content (AvgIpc) is 3.35. The van der Waals surface area contributed by atoms with Crippen LogP contribution in [-0.2, 0) is 18.4 Å². The highest BCUT2D eigenvalue weighted by atomic mass is 35.5. The molecular weight excluding hydrogens is 495 g/mol. The van der Waals surface area contributed by atoms with E-state index in [0.29, 0.717) is 23.8 Å². The van der Waals surface area contributed by atoms with Gasteiger partial charge in [0.1, 0.15) is 12.2 Å². The highest BCUT2D eigenvalue weighted by Crippen LogP contribution is 2.55. The molecule has 2 aromatic heterocycles. The molecular formula is C15H21ClFN5O8P2. The van der Waals surface area contributed by atoms with Gasteiger partial charge in [0.05, 0.1) is 12.9 Å². The zero-order chi connectivity index (χ0) is 23.3. The van der Waals surface area contributed by atoms with E-state index in [0.717, 1.165) is 12.8 Å². The molecule has 3 heterocycles. The van der Waals surface area contributed by atoms with E-state index in [4.69, 9.17) is 26.1 Å². The number of nitrogens with one attached hydrogen (secondary N) is 1. The molecule has 0 radical (unpaired) electrons. The molecule has 0 aromatic carbocycles. The van der Waals surface area contributed by atoms with Crippen LogP contribution in [0.2, 0.25) is 5.28 Å². The molecule has 0 spiro atoms. The Bertz CT molecular complexity index is 1100. The fraction of sp³-hybridized carbons (Fsp3) is 0.667. The van der Waals surface area contributed by atoms with E-state index >= 15 is 0 Å². The smallest absolute Gasteiger partial charge is 0.340 e. The van der Waals surface area contributed by atoms with Crippen molar-refractivity contribution in [3.8, 4) is 0 Å². The lowest BCUT2D eigenvalue weighted by atomic mass is 10.1. The van der Waals surface area contributed by atoms with Gasteiger partial charge in [-0.3, -0.25) is 13.7 Å². The van der Waals surface area contributed by atoms with Gasteiger partial charge in [0.15, 0.2) is 35.3 Å². The summed E-state index contributed by atoms with van der Waals surface area (Å²) in [6.45, 7) is -0.0999. The van der Waals surface area contributed by atoms with E-state index in [9.17, 15) is 23.5 Å². The van der Waals surface area contributed by atoms with Crippen molar-refractivity contribution in [3.05, 3.63) is 11.6 Å². The molecule has 0 bridgehead atoms. The molecule has 1 unspecified atom stereocenters. The predicted octanol–water partition coefficient (Wildman–Crippen LogP) is 1.24. The van der Waals surface area contributed by atoms with Gasteiger partial charge in [0.25, 0.3) is 0 Å². The van der Waals surface area contributed by atoms with Crippen LogP contribution in [0.5, 0.6) is 0 Å². The zero-order valence-corrected chi connectivity index (χ0v) is 18.9. The Morgan fingerprint density at radius 3 is 2.69 bits per heavy atom. The van der Waals surface area contributed by atoms with Crippen LogP contribution in [-0.4, -0.2) is 76.7 Å². The van der Waals surface area contributed by atoms with Gasteiger partial charge in [-0.15, -0.1) is 0 Å². The maximum absolute atomic E-state index is 14.8. The number of nitrogens with zero attached hydrogens (tertiary/aromatic N) is 4. The third-order valence-corrected chi connectivity index (χ3v) is 8.65. The summed E-state index contributed by atoms with van der Waals surface area (Å²) in [7, 11) is -9.53. The Morgan fingerprint density at radius 1 is 1.31 bits per heavy atom. The number of halogens is 2. The van der Waals surface area contributed by atoms with Gasteiger partial charge in [0, 0.05) is 6.54 Å². The number of aliphatic hydroxyl groups is 1. The highest BCUT2D eigenvalue weighted by Gasteiger charge is 2.47. The number of aromatic nitrogens is 4. The van der Waals surface area contributed by atoms with Crippen LogP contribution >= 0.6 is 26.8 Å². The monoisotopic (exact) mass is 515 g/mol. The highest BCUT2D eigenvalue weighted by molar-refractivity contribution is 7.70. The summed E-state index contributed by atoms with van der Waals surface area (Å²) < 4.78 is 48.9. The standard InChI is InChI=1S/C15H21ClFN5O8P2/c16-15-20-12(18-3-7-1-2-7)10-13(21-15)22(5-19-10)14-9(17)11(23)8(30-14)4-29-32(27,28)6-31(24,25)26/h5,7-9,11,14,23H,1-4,6H2,(H,27,28)(H,18,20,21)(H2,24,25,26)/t8-,9+,11-,14-/m1/s1. The first-order valence-electron chi connectivity index (χ1n) is 9.56. The van der Waals surface area contributed by atoms with Crippen molar-refractivity contribution in [2.24, 2.45) is 5.92 Å². The largest absolute Gasteiger partial charge is 0.387 e. The van der Waals surface area contributed by atoms with Gasteiger partial charge < -0.3 is 34.4 Å². The van der Waals surface area contributed by atoms with Crippen molar-refractivity contribution in [2.45, 2.75) is 37.4 Å². The molecule has 5 atom stereocenters. The summed E-state index contributed by atoms with van der Waals surface area (Å²) in [6, 6.07) is 0. The predicted molar refractivity (Wildman–Crippen MR) is 109 cm³/mol. The molecule has 32 heavy (non-hydrogen) atoms. The van der Waals surface area contributed by atoms with E-state index < -0.39 is 52.3 Å². The molecule has 1 saturated heterocycles. The lowest BCUT2D eigenvalue weighted by Crippen LogP contribution is -2.31. The number of hydrogen-bond donors (Lipinski definition) is 5. The third-order valence-electron chi connectivity index (χ3n) is 5.02. The molecule has 13 nitrogen and oxygen atoms in total. The summed E-state index contributed by atoms with van der Waals surface area (Å²) in [6.07, 6.45) is -3.08. The third kappa shape index (κ3) is 5.46. The second kappa shape index (κ2) is 8.86. The van der Waals surface area contributed by atoms with Crippen LogP contribution in [0.4, 0.5) is 10.2 Å². The fourth-order valence-corrected chi connectivity index (χ4v) is 6.02. The number of ether oxygens (including phenoxy) is 1. The summed E-state index contributed by atoms with van der Waals surface area (Å²) in [5.74, 6) is -0.500. The molecule has 2 aromatic rings. The van der Waals surface area contributed by atoms with E-state index in [-0.39, 0.29) is 10.9 Å². The zero-order valence-electron chi connectivity index (χ0n) is 16.4. The molecule has 1 aliphatic carbocycles. The molecule has 4 rings (SSSR count). The molecule has 2 aliphatic rings. The Hall–Kier alpha value is -1.21. The van der Waals surface area contributed by atoms with Crippen molar-refractivity contribution in [2.75, 3.05) is 24.4 Å². The van der Waals surface area contributed by atoms with E-state index in [1.807, 2.05) is 0 Å². The minimum atomic E-state index is -4.83. The quantitative estimate of drug-likeness (QED) is 0.237. The number of aliphatic hydroxyl groups excluding tert-OH is 1. The Morgan fingerprint density at radius 2 is 2.03 bits per heavy atom. The first-order valence-corrected chi connectivity index (χ1v) is 13.5. The molecule has 178 valence electrons. The molecule has 5 N–H and O–H groups in total. The first kappa shape index (κ1) is 23.9. The summed E-state index contributed by atoms with van der Waals surface area (Å²) >= 11 is 6.01. The van der Waals surface area contributed by atoms with Gasteiger partial charge >= 0.3 is 15.2 Å². The Balaban J connectivity index is 1.51. The number of hydrogen-bond acceptors (Lipinski definition) is 9. The van der Waals surface area contributed by atoms with Crippen LogP contribution in [0.25, 0.3) is 11.2 Å². The van der Waals surface area contributed by atoms with E-state index in [1.54, 1.807) is 0 Å². The number of fused-ring (bicyclic) bond motifs is 1. The summed E-state index contributed by atoms with van der Waals surface area (Å²) in [5, 5.41) is 13.2. The van der Waals surface area contributed by atoms with Crippen LogP contribution in [0.1, 0.15) is 19.1 Å². The normalized spacial score (nSPS) is 28.2. The number of alkyl halides is 1. The van der Waals surface area contributed by atoms with Crippen molar-refractivity contribution in [1.82, 2.24) is 19.5 Å². The lowest BCUT2D eigenvalue weighted by molar-refractivity contribution is -0.0425. The average molecular weight is 516 g/mol. The van der Waals surface area contributed by atoms with Crippen LogP contribution in [0, 0.1) is 5.92 Å². The first-order chi connectivity index (χ1) is 14.9. The van der Waals surface area contributed by atoms with Gasteiger partial charge in [0.2, 0.25) is 5.28 Å². The second-order valence-corrected chi connectivity index (χ2v) is 12.1. The maximum atomic E-state index is 14.8. The van der Waals surface area contributed by atoms with Crippen LogP contribution in [0.3, 0.4) is 0 Å². The fourth-order valence-electron chi connectivity index (χ4n) is 3.29. The number of imidazole rings is 1. The molecule has 2 fully saturated rings. The van der Waals surface area contributed by atoms with E-state index in [2.05, 4.69) is 24.8 Å². The minimum Gasteiger partial charge on any atom is -0.387 e. The topological polar surface area (TPSA) is 189 Å². The van der Waals surface area contributed by atoms with Crippen molar-refractivity contribution in [3.63, 3.8) is 0 Å². The van der Waals surface area contributed by atoms with Gasteiger partial charge in [-0.2, -0.15) is 9.97 Å². The molecule has 0 amide bonds. The summed E-state index contributed by atoms with van der Waals surface area (Å²) in [4.78, 5) is 39.6. The van der Waals surface area contributed by atoms with Crippen molar-refractivity contribution in [1.29, 1.82) is 0 Å².